The highest BCUT2D eigenvalue weighted by atomic mass is 16.1. The topological polar surface area (TPSA) is 49.6 Å². The molecular weight excluding hydrogens is 262 g/mol. The number of nitrogens with two attached hydrogens (primary N) is 1. The van der Waals surface area contributed by atoms with Crippen molar-refractivity contribution >= 4 is 17.7 Å². The molecular formula is C17H19N3O. The average Bonchev–Trinajstić information content (AvgIpc) is 2.65. The number of piperidine rings is 1. The number of nitrogens with zero attached hydrogens (tertiary/aromatic N) is 2. The van der Waals surface area contributed by atoms with Crippen LogP contribution in [0.5, 0.6) is 0 Å². The van der Waals surface area contributed by atoms with E-state index < -0.39 is 0 Å². The lowest BCUT2D eigenvalue weighted by Gasteiger charge is -2.42. The Hall–Kier alpha value is -2.23. The van der Waals surface area contributed by atoms with Crippen molar-refractivity contribution in [2.45, 2.75) is 12.8 Å². The minimum atomic E-state index is -0.175. The Labute approximate surface area is 123 Å². The van der Waals surface area contributed by atoms with Crippen LogP contribution in [0.4, 0.5) is 0 Å². The van der Waals surface area contributed by atoms with Crippen molar-refractivity contribution in [1.29, 1.82) is 0 Å². The van der Waals surface area contributed by atoms with E-state index in [4.69, 9.17) is 5.73 Å². The molecule has 4 nitrogen and oxygen atoms in total. The standard InChI is InChI=1S/C17H19N3O/c18-17(21)13-5-6-14-10-19-8-7-12-3-1-2-4-15(12)16(11-19)20(14)9-13/h1-4,7,10,13H,5-6,8-9,11H2,(H2,18,21). The molecule has 1 atom stereocenters. The van der Waals surface area contributed by atoms with Gasteiger partial charge < -0.3 is 15.5 Å². The van der Waals surface area contributed by atoms with E-state index in [0.717, 1.165) is 32.5 Å². The fraction of sp³-hybridized carbons (Fsp3) is 0.353. The molecule has 0 spiro atoms. The van der Waals surface area contributed by atoms with Crippen molar-refractivity contribution in [2.75, 3.05) is 19.6 Å². The second-order valence-electron chi connectivity index (χ2n) is 6.04. The molecule has 2 bridgehead atoms. The highest BCUT2D eigenvalue weighted by Gasteiger charge is 2.32. The number of carbonyl (C=O) groups excluding carboxylic acids is 1. The van der Waals surface area contributed by atoms with E-state index in [1.54, 1.807) is 0 Å². The maximum Gasteiger partial charge on any atom is 0.222 e. The van der Waals surface area contributed by atoms with Gasteiger partial charge in [-0.1, -0.05) is 30.3 Å². The van der Waals surface area contributed by atoms with Gasteiger partial charge >= 0.3 is 0 Å². The van der Waals surface area contributed by atoms with Gasteiger partial charge in [0.05, 0.1) is 12.5 Å². The third-order valence-electron chi connectivity index (χ3n) is 4.73. The number of carbonyl (C=O) groups is 1. The van der Waals surface area contributed by atoms with Crippen LogP contribution in [0.25, 0.3) is 11.8 Å². The molecule has 1 aromatic rings. The van der Waals surface area contributed by atoms with Crippen LogP contribution in [0.15, 0.2) is 36.2 Å². The summed E-state index contributed by atoms with van der Waals surface area (Å²) in [6.07, 6.45) is 6.33. The number of amides is 1. The van der Waals surface area contributed by atoms with E-state index in [2.05, 4.69) is 46.3 Å². The lowest BCUT2D eigenvalue weighted by atomic mass is 9.93. The Kier molecular flexibility index (Phi) is 2.77. The van der Waals surface area contributed by atoms with Gasteiger partial charge in [-0.05, 0) is 18.1 Å². The van der Waals surface area contributed by atoms with E-state index in [9.17, 15) is 4.79 Å². The van der Waals surface area contributed by atoms with Crippen LogP contribution in [-0.2, 0) is 4.79 Å². The minimum absolute atomic E-state index is 0.0411. The second kappa shape index (κ2) is 4.65. The van der Waals surface area contributed by atoms with Crippen LogP contribution in [0, 0.1) is 5.92 Å². The molecule has 4 rings (SSSR count). The quantitative estimate of drug-likeness (QED) is 0.785. The molecule has 2 N–H and O–H groups in total. The molecule has 0 radical (unpaired) electrons. The maximum atomic E-state index is 11.6. The third-order valence-corrected chi connectivity index (χ3v) is 4.73. The molecule has 0 aliphatic carbocycles. The summed E-state index contributed by atoms with van der Waals surface area (Å²) in [5.74, 6) is -0.217. The predicted octanol–water partition coefficient (Wildman–Crippen LogP) is -0.0568. The molecule has 0 saturated carbocycles. The smallest absolute Gasteiger partial charge is 0.222 e. The highest BCUT2D eigenvalue weighted by molar-refractivity contribution is 5.77. The molecule has 0 aromatic heterocycles. The number of hydrogen-bond acceptors (Lipinski definition) is 3. The zero-order chi connectivity index (χ0) is 14.4. The largest absolute Gasteiger partial charge is 0.369 e. The molecule has 3 aliphatic heterocycles. The first-order valence-electron chi connectivity index (χ1n) is 7.52. The minimum Gasteiger partial charge on any atom is -0.369 e. The van der Waals surface area contributed by atoms with Crippen LogP contribution in [-0.4, -0.2) is 35.3 Å². The third kappa shape index (κ3) is 2.02. The van der Waals surface area contributed by atoms with E-state index in [0.29, 0.717) is 0 Å². The van der Waals surface area contributed by atoms with Crippen molar-refractivity contribution in [2.24, 2.45) is 11.7 Å². The van der Waals surface area contributed by atoms with Crippen LogP contribution in [0.1, 0.15) is 12.8 Å². The molecule has 1 aromatic carbocycles. The van der Waals surface area contributed by atoms with Crippen LogP contribution >= 0.6 is 0 Å². The number of hydrogen-bond donors (Lipinski definition) is 1. The number of benzene rings is 1. The Morgan fingerprint density at radius 1 is 1.29 bits per heavy atom. The Bertz CT molecular complexity index is 750. The zero-order valence-corrected chi connectivity index (χ0v) is 12.0. The Morgan fingerprint density at radius 2 is 2.14 bits per heavy atom. The monoisotopic (exact) mass is 281 g/mol. The van der Waals surface area contributed by atoms with E-state index in [1.807, 2.05) is 0 Å². The molecule has 1 fully saturated rings. The first-order valence-corrected chi connectivity index (χ1v) is 7.52. The van der Waals surface area contributed by atoms with Gasteiger partial charge in [0.2, 0.25) is 5.91 Å². The van der Waals surface area contributed by atoms with E-state index in [-0.39, 0.29) is 11.8 Å². The van der Waals surface area contributed by atoms with Crippen molar-refractivity contribution in [3.05, 3.63) is 46.6 Å². The number of fused-ring (bicyclic) bond motifs is 5. The van der Waals surface area contributed by atoms with Gasteiger partial charge in [0.25, 0.3) is 0 Å². The SMILES string of the molecule is NC(=O)C1CCC2=CN3CC=c4ccccc4=C(C3)N2C1. The van der Waals surface area contributed by atoms with Gasteiger partial charge in [0, 0.05) is 35.9 Å². The summed E-state index contributed by atoms with van der Waals surface area (Å²) in [7, 11) is 0. The molecule has 3 heterocycles. The summed E-state index contributed by atoms with van der Waals surface area (Å²) in [5.41, 5.74) is 8.16. The fourth-order valence-electron chi connectivity index (χ4n) is 3.57. The van der Waals surface area contributed by atoms with Crippen molar-refractivity contribution in [1.82, 2.24) is 9.80 Å². The molecule has 1 amide bonds. The normalized spacial score (nSPS) is 23.5. The maximum absolute atomic E-state index is 11.6. The van der Waals surface area contributed by atoms with Crippen molar-refractivity contribution in [3.63, 3.8) is 0 Å². The fourth-order valence-corrected chi connectivity index (χ4v) is 3.57. The summed E-state index contributed by atoms with van der Waals surface area (Å²) in [6, 6.07) is 8.51. The summed E-state index contributed by atoms with van der Waals surface area (Å²) in [4.78, 5) is 16.2. The molecule has 108 valence electrons. The molecule has 21 heavy (non-hydrogen) atoms. The van der Waals surface area contributed by atoms with Gasteiger partial charge in [-0.15, -0.1) is 0 Å². The van der Waals surface area contributed by atoms with Crippen LogP contribution in [0.2, 0.25) is 0 Å². The summed E-state index contributed by atoms with van der Waals surface area (Å²) < 4.78 is 0. The Balaban J connectivity index is 1.88. The number of rotatable bonds is 1. The van der Waals surface area contributed by atoms with Crippen molar-refractivity contribution in [3.8, 4) is 0 Å². The first-order chi connectivity index (χ1) is 10.2. The van der Waals surface area contributed by atoms with Crippen LogP contribution < -0.4 is 16.2 Å². The zero-order valence-electron chi connectivity index (χ0n) is 12.0. The van der Waals surface area contributed by atoms with E-state index in [1.165, 1.54) is 21.8 Å². The molecule has 1 unspecified atom stereocenters. The predicted molar refractivity (Wildman–Crippen MR) is 81.8 cm³/mol. The molecule has 3 aliphatic rings. The lowest BCUT2D eigenvalue weighted by molar-refractivity contribution is -0.122. The number of primary amides is 1. The van der Waals surface area contributed by atoms with Gasteiger partial charge in [0.15, 0.2) is 0 Å². The Morgan fingerprint density at radius 3 is 3.00 bits per heavy atom. The van der Waals surface area contributed by atoms with Gasteiger partial charge in [-0.3, -0.25) is 4.79 Å². The van der Waals surface area contributed by atoms with Gasteiger partial charge in [-0.2, -0.15) is 0 Å². The summed E-state index contributed by atoms with van der Waals surface area (Å²) in [5, 5.41) is 2.57. The first kappa shape index (κ1) is 12.5. The molecule has 1 saturated heterocycles. The van der Waals surface area contributed by atoms with Crippen LogP contribution in [0.3, 0.4) is 0 Å². The van der Waals surface area contributed by atoms with Gasteiger partial charge in [-0.25, -0.2) is 0 Å². The second-order valence-corrected chi connectivity index (χ2v) is 6.04. The summed E-state index contributed by atoms with van der Waals surface area (Å²) >= 11 is 0. The summed E-state index contributed by atoms with van der Waals surface area (Å²) in [6.45, 7) is 2.57. The molecule has 4 heteroatoms. The highest BCUT2D eigenvalue weighted by Crippen LogP contribution is 2.32. The number of allylic oxidation sites excluding steroid dienone is 1. The van der Waals surface area contributed by atoms with Crippen molar-refractivity contribution < 1.29 is 4.79 Å². The van der Waals surface area contributed by atoms with Gasteiger partial charge in [0.1, 0.15) is 0 Å². The van der Waals surface area contributed by atoms with E-state index >= 15 is 0 Å². The average molecular weight is 281 g/mol. The lowest BCUT2D eigenvalue weighted by Crippen LogP contribution is -2.46.